The molecule has 0 saturated heterocycles. The Kier molecular flexibility index (Phi) is 3.73. The number of nitrogens with zero attached hydrogens (tertiary/aromatic N) is 2. The summed E-state index contributed by atoms with van der Waals surface area (Å²) in [5.41, 5.74) is -0.882. The summed E-state index contributed by atoms with van der Waals surface area (Å²) in [6, 6.07) is 2.06. The van der Waals surface area contributed by atoms with Gasteiger partial charge in [-0.1, -0.05) is 12.8 Å². The number of amides is 1. The van der Waals surface area contributed by atoms with Crippen LogP contribution in [0.3, 0.4) is 0 Å². The summed E-state index contributed by atoms with van der Waals surface area (Å²) in [7, 11) is 1.81. The number of nitriles is 1. The van der Waals surface area contributed by atoms with Gasteiger partial charge in [0.2, 0.25) is 5.91 Å². The lowest BCUT2D eigenvalue weighted by Gasteiger charge is -2.26. The number of carbonyl (C=O) groups is 1. The van der Waals surface area contributed by atoms with Gasteiger partial charge >= 0.3 is 0 Å². The van der Waals surface area contributed by atoms with Crippen molar-refractivity contribution in [2.45, 2.75) is 39.5 Å². The Labute approximate surface area is 92.1 Å². The highest BCUT2D eigenvalue weighted by Gasteiger charge is 2.31. The Morgan fingerprint density at radius 1 is 1.47 bits per heavy atom. The number of hydrogen-bond acceptors (Lipinski definition) is 2. The van der Waals surface area contributed by atoms with E-state index in [2.05, 4.69) is 6.07 Å². The maximum absolute atomic E-state index is 11.9. The molecule has 84 valence electrons. The normalized spacial score (nSPS) is 17.5. The van der Waals surface area contributed by atoms with Gasteiger partial charge in [0.25, 0.3) is 0 Å². The second kappa shape index (κ2) is 4.65. The Morgan fingerprint density at radius 2 is 2.00 bits per heavy atom. The maximum atomic E-state index is 11.9. The summed E-state index contributed by atoms with van der Waals surface area (Å²) in [6.45, 7) is 4.17. The van der Waals surface area contributed by atoms with Crippen molar-refractivity contribution in [3.63, 3.8) is 0 Å². The molecule has 0 radical (unpaired) electrons. The van der Waals surface area contributed by atoms with E-state index in [4.69, 9.17) is 5.26 Å². The smallest absolute Gasteiger partial charge is 0.242 e. The molecule has 1 rings (SSSR count). The van der Waals surface area contributed by atoms with E-state index in [-0.39, 0.29) is 5.91 Å². The molecule has 0 aromatic carbocycles. The monoisotopic (exact) mass is 208 g/mol. The second-order valence-corrected chi connectivity index (χ2v) is 5.07. The Balaban J connectivity index is 2.49. The van der Waals surface area contributed by atoms with E-state index < -0.39 is 5.41 Å². The van der Waals surface area contributed by atoms with Gasteiger partial charge < -0.3 is 4.90 Å². The van der Waals surface area contributed by atoms with Crippen LogP contribution in [0.2, 0.25) is 0 Å². The summed E-state index contributed by atoms with van der Waals surface area (Å²) in [6.07, 6.45) is 5.03. The van der Waals surface area contributed by atoms with E-state index in [0.29, 0.717) is 5.92 Å². The Bertz CT molecular complexity index is 272. The molecule has 0 bridgehead atoms. The highest BCUT2D eigenvalue weighted by Crippen LogP contribution is 2.26. The third-order valence-electron chi connectivity index (χ3n) is 3.17. The first kappa shape index (κ1) is 12.0. The average molecular weight is 208 g/mol. The molecule has 0 heterocycles. The van der Waals surface area contributed by atoms with Gasteiger partial charge in [-0.25, -0.2) is 0 Å². The summed E-state index contributed by atoms with van der Waals surface area (Å²) >= 11 is 0. The quantitative estimate of drug-likeness (QED) is 0.713. The standard InChI is InChI=1S/C12H20N2O/c1-12(2,9-13)11(15)14(3)8-10-6-4-5-7-10/h10H,4-8H2,1-3H3. The minimum Gasteiger partial charge on any atom is -0.344 e. The van der Waals surface area contributed by atoms with Crippen molar-refractivity contribution in [3.05, 3.63) is 0 Å². The molecule has 1 amide bonds. The molecular weight excluding hydrogens is 188 g/mol. The van der Waals surface area contributed by atoms with Crippen LogP contribution in [0.4, 0.5) is 0 Å². The van der Waals surface area contributed by atoms with E-state index in [1.807, 2.05) is 0 Å². The van der Waals surface area contributed by atoms with Gasteiger partial charge in [-0.15, -0.1) is 0 Å². The third kappa shape index (κ3) is 2.95. The van der Waals surface area contributed by atoms with Gasteiger partial charge in [0.1, 0.15) is 5.41 Å². The summed E-state index contributed by atoms with van der Waals surface area (Å²) in [5.74, 6) is 0.588. The van der Waals surface area contributed by atoms with Gasteiger partial charge in [-0.05, 0) is 32.6 Å². The second-order valence-electron chi connectivity index (χ2n) is 5.07. The van der Waals surface area contributed by atoms with Gasteiger partial charge in [0.05, 0.1) is 6.07 Å². The van der Waals surface area contributed by atoms with Crippen molar-refractivity contribution in [3.8, 4) is 6.07 Å². The zero-order chi connectivity index (χ0) is 11.5. The van der Waals surface area contributed by atoms with Crippen LogP contribution in [-0.2, 0) is 4.79 Å². The number of hydrogen-bond donors (Lipinski definition) is 0. The molecule has 0 atom stereocenters. The Hall–Kier alpha value is -1.04. The van der Waals surface area contributed by atoms with Gasteiger partial charge in [-0.3, -0.25) is 4.79 Å². The van der Waals surface area contributed by atoms with E-state index in [1.54, 1.807) is 25.8 Å². The zero-order valence-corrected chi connectivity index (χ0v) is 9.92. The molecule has 3 heteroatoms. The van der Waals surface area contributed by atoms with Crippen molar-refractivity contribution < 1.29 is 4.79 Å². The van der Waals surface area contributed by atoms with E-state index >= 15 is 0 Å². The van der Waals surface area contributed by atoms with Crippen LogP contribution in [0.5, 0.6) is 0 Å². The van der Waals surface area contributed by atoms with Crippen LogP contribution >= 0.6 is 0 Å². The van der Waals surface area contributed by atoms with Crippen molar-refractivity contribution in [1.29, 1.82) is 5.26 Å². The largest absolute Gasteiger partial charge is 0.344 e. The molecule has 15 heavy (non-hydrogen) atoms. The first-order valence-corrected chi connectivity index (χ1v) is 5.64. The summed E-state index contributed by atoms with van der Waals surface area (Å²) in [5, 5.41) is 8.88. The molecule has 0 N–H and O–H groups in total. The van der Waals surface area contributed by atoms with E-state index in [1.165, 1.54) is 25.7 Å². The lowest BCUT2D eigenvalue weighted by molar-refractivity contribution is -0.136. The van der Waals surface area contributed by atoms with Crippen LogP contribution in [0.25, 0.3) is 0 Å². The molecule has 3 nitrogen and oxygen atoms in total. The minimum atomic E-state index is -0.882. The third-order valence-corrected chi connectivity index (χ3v) is 3.17. The zero-order valence-electron chi connectivity index (χ0n) is 9.92. The highest BCUT2D eigenvalue weighted by atomic mass is 16.2. The highest BCUT2D eigenvalue weighted by molar-refractivity contribution is 5.84. The predicted octanol–water partition coefficient (Wildman–Crippen LogP) is 2.18. The fourth-order valence-electron chi connectivity index (χ4n) is 2.19. The minimum absolute atomic E-state index is 0.0584. The summed E-state index contributed by atoms with van der Waals surface area (Å²) < 4.78 is 0. The van der Waals surface area contributed by atoms with Crippen molar-refractivity contribution >= 4 is 5.91 Å². The topological polar surface area (TPSA) is 44.1 Å². The predicted molar refractivity (Wildman–Crippen MR) is 59.0 cm³/mol. The van der Waals surface area contributed by atoms with Crippen molar-refractivity contribution in [2.75, 3.05) is 13.6 Å². The molecule has 0 unspecified atom stereocenters. The van der Waals surface area contributed by atoms with Crippen LogP contribution in [-0.4, -0.2) is 24.4 Å². The first-order chi connectivity index (χ1) is 6.97. The average Bonchev–Trinajstić information content (AvgIpc) is 2.69. The molecule has 1 aliphatic rings. The van der Waals surface area contributed by atoms with Gasteiger partial charge in [0, 0.05) is 13.6 Å². The number of rotatable bonds is 3. The van der Waals surface area contributed by atoms with E-state index in [9.17, 15) is 4.79 Å². The fraction of sp³-hybridized carbons (Fsp3) is 0.833. The van der Waals surface area contributed by atoms with Crippen LogP contribution in [0.1, 0.15) is 39.5 Å². The van der Waals surface area contributed by atoms with Crippen molar-refractivity contribution in [2.24, 2.45) is 11.3 Å². The molecular formula is C12H20N2O. The van der Waals surface area contributed by atoms with Crippen LogP contribution in [0.15, 0.2) is 0 Å². The fourth-order valence-corrected chi connectivity index (χ4v) is 2.19. The molecule has 1 fully saturated rings. The van der Waals surface area contributed by atoms with E-state index in [0.717, 1.165) is 6.54 Å². The molecule has 0 aromatic heterocycles. The maximum Gasteiger partial charge on any atom is 0.242 e. The SMILES string of the molecule is CN(CC1CCCC1)C(=O)C(C)(C)C#N. The van der Waals surface area contributed by atoms with Gasteiger partial charge in [-0.2, -0.15) is 5.26 Å². The van der Waals surface area contributed by atoms with Gasteiger partial charge in [0.15, 0.2) is 0 Å². The lowest BCUT2D eigenvalue weighted by Crippen LogP contribution is -2.39. The summed E-state index contributed by atoms with van der Waals surface area (Å²) in [4.78, 5) is 13.6. The van der Waals surface area contributed by atoms with Crippen molar-refractivity contribution in [1.82, 2.24) is 4.90 Å². The van der Waals surface area contributed by atoms with Crippen LogP contribution in [0, 0.1) is 22.7 Å². The molecule has 0 spiro atoms. The molecule has 1 aliphatic carbocycles. The first-order valence-electron chi connectivity index (χ1n) is 5.64. The Morgan fingerprint density at radius 3 is 2.47 bits per heavy atom. The van der Waals surface area contributed by atoms with Crippen LogP contribution < -0.4 is 0 Å². The molecule has 0 aliphatic heterocycles. The molecule has 0 aromatic rings. The lowest BCUT2D eigenvalue weighted by atomic mass is 9.93. The molecule has 1 saturated carbocycles. The number of carbonyl (C=O) groups excluding carboxylic acids is 1.